The van der Waals surface area contributed by atoms with Crippen LogP contribution in [0.3, 0.4) is 0 Å². The molecule has 0 heterocycles. The normalized spacial score (nSPS) is 10.5. The number of hydrogen-bond acceptors (Lipinski definition) is 4. The standard InChI is InChI=1S/C14H10BrN3O3/c15-12-6-4-10(5-7-12)9-16-17-14(19)11-2-1-3-13(8-11)18(20)21/h1-9H,(H,17,19). The summed E-state index contributed by atoms with van der Waals surface area (Å²) >= 11 is 3.32. The molecule has 0 aromatic heterocycles. The molecule has 2 aromatic carbocycles. The lowest BCUT2D eigenvalue weighted by molar-refractivity contribution is -0.384. The molecule has 0 bridgehead atoms. The Balaban J connectivity index is 2.03. The van der Waals surface area contributed by atoms with E-state index in [1.165, 1.54) is 30.5 Å². The zero-order chi connectivity index (χ0) is 15.2. The van der Waals surface area contributed by atoms with E-state index in [0.717, 1.165) is 10.0 Å². The average Bonchev–Trinajstić information content (AvgIpc) is 2.49. The molecule has 2 rings (SSSR count). The van der Waals surface area contributed by atoms with Crippen LogP contribution < -0.4 is 5.43 Å². The lowest BCUT2D eigenvalue weighted by atomic mass is 10.2. The van der Waals surface area contributed by atoms with E-state index in [2.05, 4.69) is 26.5 Å². The van der Waals surface area contributed by atoms with E-state index in [1.807, 2.05) is 24.3 Å². The molecular formula is C14H10BrN3O3. The molecule has 21 heavy (non-hydrogen) atoms. The van der Waals surface area contributed by atoms with Crippen LogP contribution in [-0.4, -0.2) is 17.0 Å². The maximum Gasteiger partial charge on any atom is 0.271 e. The zero-order valence-electron chi connectivity index (χ0n) is 10.7. The number of rotatable bonds is 4. The summed E-state index contributed by atoms with van der Waals surface area (Å²) in [5.41, 5.74) is 3.18. The average molecular weight is 348 g/mol. The van der Waals surface area contributed by atoms with Gasteiger partial charge in [0, 0.05) is 22.2 Å². The number of benzene rings is 2. The highest BCUT2D eigenvalue weighted by atomic mass is 79.9. The summed E-state index contributed by atoms with van der Waals surface area (Å²) < 4.78 is 0.945. The molecule has 0 radical (unpaired) electrons. The minimum Gasteiger partial charge on any atom is -0.267 e. The Morgan fingerprint density at radius 1 is 1.24 bits per heavy atom. The third kappa shape index (κ3) is 4.22. The van der Waals surface area contributed by atoms with Gasteiger partial charge in [0.1, 0.15) is 0 Å². The van der Waals surface area contributed by atoms with Gasteiger partial charge in [-0.05, 0) is 23.8 Å². The van der Waals surface area contributed by atoms with Gasteiger partial charge in [0.05, 0.1) is 11.1 Å². The van der Waals surface area contributed by atoms with Gasteiger partial charge in [-0.15, -0.1) is 0 Å². The molecule has 0 atom stereocenters. The lowest BCUT2D eigenvalue weighted by Crippen LogP contribution is -2.17. The van der Waals surface area contributed by atoms with E-state index >= 15 is 0 Å². The SMILES string of the molecule is O=C(NN=Cc1ccc(Br)cc1)c1cccc([N+](=O)[O-])c1. The predicted molar refractivity (Wildman–Crippen MR) is 82.3 cm³/mol. The van der Waals surface area contributed by atoms with Crippen LogP contribution in [0.5, 0.6) is 0 Å². The summed E-state index contributed by atoms with van der Waals surface area (Å²) in [7, 11) is 0. The summed E-state index contributed by atoms with van der Waals surface area (Å²) in [5.74, 6) is -0.507. The largest absolute Gasteiger partial charge is 0.271 e. The highest BCUT2D eigenvalue weighted by molar-refractivity contribution is 9.10. The second-order valence-electron chi connectivity index (χ2n) is 4.06. The quantitative estimate of drug-likeness (QED) is 0.523. The molecule has 106 valence electrons. The van der Waals surface area contributed by atoms with Crippen molar-refractivity contribution in [3.63, 3.8) is 0 Å². The predicted octanol–water partition coefficient (Wildman–Crippen LogP) is 3.12. The monoisotopic (exact) mass is 347 g/mol. The molecule has 0 aliphatic rings. The maximum atomic E-state index is 11.8. The summed E-state index contributed by atoms with van der Waals surface area (Å²) in [6.45, 7) is 0. The fourth-order valence-electron chi connectivity index (χ4n) is 1.54. The van der Waals surface area contributed by atoms with Crippen molar-refractivity contribution in [2.24, 2.45) is 5.10 Å². The summed E-state index contributed by atoms with van der Waals surface area (Å²) in [4.78, 5) is 21.9. The first-order valence-electron chi connectivity index (χ1n) is 5.90. The van der Waals surface area contributed by atoms with Crippen LogP contribution in [0.2, 0.25) is 0 Å². The first-order valence-corrected chi connectivity index (χ1v) is 6.69. The van der Waals surface area contributed by atoms with Gasteiger partial charge in [-0.1, -0.05) is 34.1 Å². The second-order valence-corrected chi connectivity index (χ2v) is 4.97. The summed E-state index contributed by atoms with van der Waals surface area (Å²) in [6.07, 6.45) is 1.49. The Kier molecular flexibility index (Phi) is 4.78. The molecule has 0 unspecified atom stereocenters. The van der Waals surface area contributed by atoms with E-state index in [9.17, 15) is 14.9 Å². The number of hydrogen-bond donors (Lipinski definition) is 1. The van der Waals surface area contributed by atoms with E-state index < -0.39 is 10.8 Å². The van der Waals surface area contributed by atoms with Crippen LogP contribution in [0.15, 0.2) is 58.1 Å². The van der Waals surface area contributed by atoms with Crippen molar-refractivity contribution in [3.05, 3.63) is 74.2 Å². The van der Waals surface area contributed by atoms with Crippen LogP contribution in [0.1, 0.15) is 15.9 Å². The lowest BCUT2D eigenvalue weighted by Gasteiger charge is -1.99. The van der Waals surface area contributed by atoms with E-state index in [1.54, 1.807) is 0 Å². The van der Waals surface area contributed by atoms with Crippen molar-refractivity contribution in [3.8, 4) is 0 Å². The van der Waals surface area contributed by atoms with E-state index in [4.69, 9.17) is 0 Å². The number of carbonyl (C=O) groups is 1. The maximum absolute atomic E-state index is 11.8. The van der Waals surface area contributed by atoms with E-state index in [0.29, 0.717) is 0 Å². The molecule has 1 amide bonds. The molecular weight excluding hydrogens is 338 g/mol. The van der Waals surface area contributed by atoms with Crippen molar-refractivity contribution in [2.45, 2.75) is 0 Å². The highest BCUT2D eigenvalue weighted by Crippen LogP contribution is 2.13. The van der Waals surface area contributed by atoms with Gasteiger partial charge < -0.3 is 0 Å². The number of amides is 1. The van der Waals surface area contributed by atoms with Gasteiger partial charge in [-0.2, -0.15) is 5.10 Å². The van der Waals surface area contributed by atoms with Crippen LogP contribution in [0.4, 0.5) is 5.69 Å². The Morgan fingerprint density at radius 3 is 2.62 bits per heavy atom. The van der Waals surface area contributed by atoms with Crippen LogP contribution in [-0.2, 0) is 0 Å². The van der Waals surface area contributed by atoms with Gasteiger partial charge in [0.15, 0.2) is 0 Å². The number of nitrogens with one attached hydrogen (secondary N) is 1. The van der Waals surface area contributed by atoms with Gasteiger partial charge in [-0.3, -0.25) is 14.9 Å². The molecule has 0 spiro atoms. The van der Waals surface area contributed by atoms with Gasteiger partial charge in [0.25, 0.3) is 11.6 Å². The minimum atomic E-state index is -0.554. The number of halogens is 1. The molecule has 0 saturated carbocycles. The van der Waals surface area contributed by atoms with E-state index in [-0.39, 0.29) is 11.3 Å². The third-order valence-electron chi connectivity index (χ3n) is 2.57. The highest BCUT2D eigenvalue weighted by Gasteiger charge is 2.10. The molecule has 6 nitrogen and oxygen atoms in total. The van der Waals surface area contributed by atoms with Crippen molar-refractivity contribution in [1.29, 1.82) is 0 Å². The first kappa shape index (κ1) is 14.9. The molecule has 2 aromatic rings. The molecule has 7 heteroatoms. The van der Waals surface area contributed by atoms with Crippen LogP contribution in [0, 0.1) is 10.1 Å². The topological polar surface area (TPSA) is 84.6 Å². The van der Waals surface area contributed by atoms with Crippen molar-refractivity contribution < 1.29 is 9.72 Å². The molecule has 0 aliphatic carbocycles. The summed E-state index contributed by atoms with van der Waals surface area (Å²) in [5, 5.41) is 14.5. The van der Waals surface area contributed by atoms with Crippen LogP contribution >= 0.6 is 15.9 Å². The summed E-state index contributed by atoms with van der Waals surface area (Å²) in [6, 6.07) is 12.8. The zero-order valence-corrected chi connectivity index (χ0v) is 12.3. The Hall–Kier alpha value is -2.54. The number of carbonyl (C=O) groups excluding carboxylic acids is 1. The molecule has 1 N–H and O–H groups in total. The van der Waals surface area contributed by atoms with Crippen molar-refractivity contribution in [2.75, 3.05) is 0 Å². The number of nitrogens with zero attached hydrogens (tertiary/aromatic N) is 2. The smallest absolute Gasteiger partial charge is 0.267 e. The third-order valence-corrected chi connectivity index (χ3v) is 3.10. The van der Waals surface area contributed by atoms with Crippen LogP contribution in [0.25, 0.3) is 0 Å². The fraction of sp³-hybridized carbons (Fsp3) is 0. The number of non-ortho nitro benzene ring substituents is 1. The first-order chi connectivity index (χ1) is 10.1. The van der Waals surface area contributed by atoms with Crippen molar-refractivity contribution >= 4 is 33.7 Å². The van der Waals surface area contributed by atoms with Crippen molar-refractivity contribution in [1.82, 2.24) is 5.43 Å². The Bertz CT molecular complexity index is 699. The molecule has 0 fully saturated rings. The number of nitro groups is 1. The van der Waals surface area contributed by atoms with Gasteiger partial charge in [-0.25, -0.2) is 5.43 Å². The number of nitro benzene ring substituents is 1. The second kappa shape index (κ2) is 6.76. The molecule has 0 aliphatic heterocycles. The minimum absolute atomic E-state index is 0.139. The fourth-order valence-corrected chi connectivity index (χ4v) is 1.80. The Morgan fingerprint density at radius 2 is 1.95 bits per heavy atom. The van der Waals surface area contributed by atoms with Gasteiger partial charge in [0.2, 0.25) is 0 Å². The number of hydrazone groups is 1. The Labute approximate surface area is 128 Å². The molecule has 0 saturated heterocycles. The van der Waals surface area contributed by atoms with Gasteiger partial charge >= 0.3 is 0 Å².